The Morgan fingerprint density at radius 3 is 2.63 bits per heavy atom. The van der Waals surface area contributed by atoms with Gasteiger partial charge in [-0.2, -0.15) is 4.31 Å². The van der Waals surface area contributed by atoms with Gasteiger partial charge < -0.3 is 5.43 Å². The second-order valence-corrected chi connectivity index (χ2v) is 7.07. The molecule has 0 amide bonds. The molecule has 1 fully saturated rings. The highest BCUT2D eigenvalue weighted by Gasteiger charge is 2.31. The van der Waals surface area contributed by atoms with E-state index in [-0.39, 0.29) is 4.90 Å². The van der Waals surface area contributed by atoms with Crippen molar-refractivity contribution < 1.29 is 8.42 Å². The van der Waals surface area contributed by atoms with Gasteiger partial charge >= 0.3 is 0 Å². The summed E-state index contributed by atoms with van der Waals surface area (Å²) < 4.78 is 26.5. The number of rotatable bonds is 3. The van der Waals surface area contributed by atoms with Gasteiger partial charge in [0, 0.05) is 19.3 Å². The Morgan fingerprint density at radius 1 is 1.37 bits per heavy atom. The van der Waals surface area contributed by atoms with E-state index in [1.807, 2.05) is 0 Å². The van der Waals surface area contributed by atoms with Crippen LogP contribution in [0.3, 0.4) is 0 Å². The number of piperidine rings is 1. The first kappa shape index (κ1) is 14.2. The van der Waals surface area contributed by atoms with Crippen molar-refractivity contribution in [2.45, 2.75) is 25.2 Å². The number of anilines is 1. The van der Waals surface area contributed by atoms with E-state index in [1.165, 1.54) is 12.3 Å². The predicted octanol–water partition coefficient (Wildman–Crippen LogP) is 1.03. The molecule has 2 rings (SSSR count). The number of aromatic nitrogens is 1. The molecular weight excluding hydrogens is 264 g/mol. The summed E-state index contributed by atoms with van der Waals surface area (Å²) in [5.74, 6) is 6.60. The van der Waals surface area contributed by atoms with Crippen LogP contribution in [0.5, 0.6) is 0 Å². The molecule has 1 saturated heterocycles. The Bertz CT molecular complexity index is 529. The van der Waals surface area contributed by atoms with Crippen molar-refractivity contribution in [3.8, 4) is 0 Å². The van der Waals surface area contributed by atoms with Crippen molar-refractivity contribution >= 4 is 15.8 Å². The average molecular weight is 284 g/mol. The molecule has 0 bridgehead atoms. The molecule has 1 aliphatic rings. The number of pyridine rings is 1. The Hall–Kier alpha value is -1.18. The number of nitrogens with zero attached hydrogens (tertiary/aromatic N) is 2. The van der Waals surface area contributed by atoms with Gasteiger partial charge in [0.05, 0.1) is 0 Å². The van der Waals surface area contributed by atoms with Gasteiger partial charge in [0.2, 0.25) is 10.0 Å². The number of nitrogens with one attached hydrogen (secondary N) is 1. The van der Waals surface area contributed by atoms with Crippen LogP contribution in [0, 0.1) is 11.8 Å². The number of hydrogen-bond acceptors (Lipinski definition) is 5. The molecule has 3 N–H and O–H groups in total. The number of nitrogen functional groups attached to an aromatic ring is 1. The first-order valence-corrected chi connectivity index (χ1v) is 7.82. The molecule has 2 atom stereocenters. The van der Waals surface area contributed by atoms with Crippen molar-refractivity contribution in [3.05, 3.63) is 18.3 Å². The van der Waals surface area contributed by atoms with Crippen LogP contribution in [0.2, 0.25) is 0 Å². The lowest BCUT2D eigenvalue weighted by Crippen LogP contribution is -2.42. The average Bonchev–Trinajstić information content (AvgIpc) is 2.41. The molecular formula is C12H20N4O2S. The number of nitrogens with two attached hydrogens (primary N) is 1. The summed E-state index contributed by atoms with van der Waals surface area (Å²) in [5.41, 5.74) is 2.38. The zero-order chi connectivity index (χ0) is 14.0. The van der Waals surface area contributed by atoms with Gasteiger partial charge in [0.15, 0.2) is 0 Å². The fraction of sp³-hybridized carbons (Fsp3) is 0.583. The van der Waals surface area contributed by atoms with Crippen LogP contribution < -0.4 is 11.3 Å². The minimum absolute atomic E-state index is 0.216. The third kappa shape index (κ3) is 2.88. The summed E-state index contributed by atoms with van der Waals surface area (Å²) in [5, 5.41) is 0. The van der Waals surface area contributed by atoms with Crippen molar-refractivity contribution in [2.24, 2.45) is 17.7 Å². The van der Waals surface area contributed by atoms with Crippen LogP contribution >= 0.6 is 0 Å². The van der Waals surface area contributed by atoms with E-state index in [0.717, 1.165) is 6.42 Å². The fourth-order valence-corrected chi connectivity index (χ4v) is 3.71. The molecule has 6 nitrogen and oxygen atoms in total. The third-order valence-electron chi connectivity index (χ3n) is 3.82. The van der Waals surface area contributed by atoms with Crippen LogP contribution in [-0.2, 0) is 10.0 Å². The molecule has 1 aliphatic heterocycles. The predicted molar refractivity (Wildman–Crippen MR) is 73.8 cm³/mol. The summed E-state index contributed by atoms with van der Waals surface area (Å²) in [6.07, 6.45) is 2.24. The van der Waals surface area contributed by atoms with Crippen molar-refractivity contribution in [3.63, 3.8) is 0 Å². The van der Waals surface area contributed by atoms with E-state index in [1.54, 1.807) is 10.4 Å². The molecule has 0 spiro atoms. The quantitative estimate of drug-likeness (QED) is 0.639. The van der Waals surface area contributed by atoms with Gasteiger partial charge in [-0.1, -0.05) is 13.8 Å². The Balaban J connectivity index is 2.21. The highest BCUT2D eigenvalue weighted by atomic mass is 32.2. The molecule has 0 saturated carbocycles. The largest absolute Gasteiger partial charge is 0.308 e. The Kier molecular flexibility index (Phi) is 4.07. The van der Waals surface area contributed by atoms with Gasteiger partial charge in [-0.05, 0) is 30.4 Å². The number of sulfonamides is 1. The summed E-state index contributed by atoms with van der Waals surface area (Å²) in [7, 11) is -3.44. The molecule has 2 heterocycles. The molecule has 0 radical (unpaired) electrons. The lowest BCUT2D eigenvalue weighted by molar-refractivity contribution is 0.212. The zero-order valence-electron chi connectivity index (χ0n) is 11.2. The monoisotopic (exact) mass is 284 g/mol. The first-order chi connectivity index (χ1) is 8.95. The van der Waals surface area contributed by atoms with Crippen LogP contribution in [0.15, 0.2) is 23.2 Å². The molecule has 2 unspecified atom stereocenters. The van der Waals surface area contributed by atoms with Crippen LogP contribution in [0.4, 0.5) is 5.82 Å². The minimum Gasteiger partial charge on any atom is -0.308 e. The Morgan fingerprint density at radius 2 is 2.11 bits per heavy atom. The van der Waals surface area contributed by atoms with E-state index in [0.29, 0.717) is 30.7 Å². The number of hydrazine groups is 1. The van der Waals surface area contributed by atoms with Crippen LogP contribution in [0.1, 0.15) is 20.3 Å². The molecule has 1 aromatic heterocycles. The van der Waals surface area contributed by atoms with Crippen molar-refractivity contribution in [1.29, 1.82) is 0 Å². The van der Waals surface area contributed by atoms with E-state index >= 15 is 0 Å². The van der Waals surface area contributed by atoms with Crippen molar-refractivity contribution in [2.75, 3.05) is 18.5 Å². The highest BCUT2D eigenvalue weighted by molar-refractivity contribution is 7.89. The second kappa shape index (κ2) is 5.44. The molecule has 1 aromatic rings. The number of hydrogen-bond donors (Lipinski definition) is 2. The molecule has 19 heavy (non-hydrogen) atoms. The molecule has 106 valence electrons. The molecule has 0 aromatic carbocycles. The van der Waals surface area contributed by atoms with E-state index in [4.69, 9.17) is 5.84 Å². The first-order valence-electron chi connectivity index (χ1n) is 6.38. The molecule has 0 aliphatic carbocycles. The second-order valence-electron chi connectivity index (χ2n) is 5.13. The van der Waals surface area contributed by atoms with Crippen LogP contribution in [-0.4, -0.2) is 30.8 Å². The highest BCUT2D eigenvalue weighted by Crippen LogP contribution is 2.27. The van der Waals surface area contributed by atoms with Gasteiger partial charge in [0.1, 0.15) is 10.7 Å². The summed E-state index contributed by atoms with van der Waals surface area (Å²) in [4.78, 5) is 4.17. The maximum atomic E-state index is 12.5. The lowest BCUT2D eigenvalue weighted by atomic mass is 9.90. The maximum absolute atomic E-state index is 12.5. The van der Waals surface area contributed by atoms with Gasteiger partial charge in [-0.3, -0.25) is 0 Å². The fourth-order valence-electron chi connectivity index (χ4n) is 2.21. The normalized spacial score (nSPS) is 25.2. The van der Waals surface area contributed by atoms with E-state index < -0.39 is 10.0 Å². The van der Waals surface area contributed by atoms with Crippen LogP contribution in [0.25, 0.3) is 0 Å². The van der Waals surface area contributed by atoms with Gasteiger partial charge in [-0.15, -0.1) is 0 Å². The maximum Gasteiger partial charge on any atom is 0.244 e. The van der Waals surface area contributed by atoms with Gasteiger partial charge in [-0.25, -0.2) is 19.2 Å². The smallest absolute Gasteiger partial charge is 0.244 e. The zero-order valence-corrected chi connectivity index (χ0v) is 12.0. The minimum atomic E-state index is -3.44. The standard InChI is InChI=1S/C12H20N4O2S/c1-9-5-6-16(8-10(9)2)19(17,18)11-3-4-12(15-13)14-7-11/h3-4,7,9-10H,5-6,8,13H2,1-2H3,(H,14,15). The summed E-state index contributed by atoms with van der Waals surface area (Å²) in [6.45, 7) is 5.40. The van der Waals surface area contributed by atoms with E-state index in [2.05, 4.69) is 24.3 Å². The van der Waals surface area contributed by atoms with Crippen molar-refractivity contribution in [1.82, 2.24) is 9.29 Å². The topological polar surface area (TPSA) is 88.3 Å². The van der Waals surface area contributed by atoms with E-state index in [9.17, 15) is 8.42 Å². The summed E-state index contributed by atoms with van der Waals surface area (Å²) in [6, 6.07) is 3.09. The lowest BCUT2D eigenvalue weighted by Gasteiger charge is -2.34. The SMILES string of the molecule is CC1CCN(S(=O)(=O)c2ccc(NN)nc2)CC1C. The Labute approximate surface area is 114 Å². The summed E-state index contributed by atoms with van der Waals surface area (Å²) >= 11 is 0. The van der Waals surface area contributed by atoms with Gasteiger partial charge in [0.25, 0.3) is 0 Å². The molecule has 7 heteroatoms. The third-order valence-corrected chi connectivity index (χ3v) is 5.67.